The maximum atomic E-state index is 6.93. The molecule has 1 aromatic carbocycles. The molecule has 2 rings (SSSR count). The van der Waals surface area contributed by atoms with E-state index >= 15 is 0 Å². The fraction of sp³-hybridized carbons (Fsp3) is 0.793. The fourth-order valence-electron chi connectivity index (χ4n) is 5.00. The first-order valence-corrected chi connectivity index (χ1v) is 22.6. The molecule has 0 aliphatic heterocycles. The molecular formula is C29H56O2Si3. The van der Waals surface area contributed by atoms with Gasteiger partial charge in [-0.05, 0) is 60.9 Å². The molecule has 0 radical (unpaired) electrons. The molecule has 0 bridgehead atoms. The Morgan fingerprint density at radius 3 is 1.62 bits per heavy atom. The van der Waals surface area contributed by atoms with Gasteiger partial charge >= 0.3 is 0 Å². The molecule has 1 fully saturated rings. The summed E-state index contributed by atoms with van der Waals surface area (Å²) in [5.41, 5.74) is 0.149. The molecule has 2 atom stereocenters. The highest BCUT2D eigenvalue weighted by molar-refractivity contribution is 6.89. The highest BCUT2D eigenvalue weighted by Crippen LogP contribution is 2.51. The van der Waals surface area contributed by atoms with Crippen molar-refractivity contribution in [1.82, 2.24) is 0 Å². The van der Waals surface area contributed by atoms with Gasteiger partial charge in [-0.2, -0.15) is 0 Å². The molecule has 5 heteroatoms. The van der Waals surface area contributed by atoms with Gasteiger partial charge in [0.1, 0.15) is 0 Å². The smallest absolute Gasteiger partial charge is 0.192 e. The molecule has 1 aliphatic rings. The topological polar surface area (TPSA) is 18.5 Å². The van der Waals surface area contributed by atoms with Crippen molar-refractivity contribution in [1.29, 1.82) is 0 Å². The summed E-state index contributed by atoms with van der Waals surface area (Å²) < 4.78 is 13.9. The first-order chi connectivity index (χ1) is 15.2. The van der Waals surface area contributed by atoms with Crippen molar-refractivity contribution < 1.29 is 8.85 Å². The molecule has 2 nitrogen and oxygen atoms in total. The van der Waals surface area contributed by atoms with Gasteiger partial charge in [0.05, 0.1) is 8.07 Å². The largest absolute Gasteiger partial charge is 0.416 e. The molecular weight excluding hydrogens is 465 g/mol. The zero-order valence-corrected chi connectivity index (χ0v) is 27.9. The minimum atomic E-state index is -1.81. The molecule has 0 spiro atoms. The van der Waals surface area contributed by atoms with E-state index in [0.717, 1.165) is 25.0 Å². The van der Waals surface area contributed by atoms with Gasteiger partial charge in [0.25, 0.3) is 0 Å². The Labute approximate surface area is 215 Å². The fourth-order valence-corrected chi connectivity index (χ4v) is 10.4. The van der Waals surface area contributed by atoms with Crippen LogP contribution < -0.4 is 5.19 Å². The predicted molar refractivity (Wildman–Crippen MR) is 159 cm³/mol. The Balaban J connectivity index is 2.27. The van der Waals surface area contributed by atoms with Crippen LogP contribution in [0.4, 0.5) is 0 Å². The Hall–Kier alpha value is -0.209. The van der Waals surface area contributed by atoms with Crippen molar-refractivity contribution in [3.63, 3.8) is 0 Å². The van der Waals surface area contributed by atoms with Crippen LogP contribution in [0.25, 0.3) is 0 Å². The highest BCUT2D eigenvalue weighted by atomic mass is 28.4. The monoisotopic (exact) mass is 520 g/mol. The maximum absolute atomic E-state index is 6.93. The Kier molecular flexibility index (Phi) is 9.07. The van der Waals surface area contributed by atoms with Crippen molar-refractivity contribution in [3.05, 3.63) is 30.3 Å². The summed E-state index contributed by atoms with van der Waals surface area (Å²) in [4.78, 5) is 0. The minimum absolute atomic E-state index is 0.149. The van der Waals surface area contributed by atoms with Gasteiger partial charge < -0.3 is 8.85 Å². The molecule has 0 unspecified atom stereocenters. The standard InChI is InChI=1S/C29H56O2Si3/c1-24-19-29(22-30-33(10,11)27(2,3)4,23-31-34(12,13)28(5,6)7)20-25(24)21-32(8,9)26-17-15-14-16-18-26/h14-18,24-25H,19-23H2,1-13H3/t24-,25-/m1/s1. The van der Waals surface area contributed by atoms with Gasteiger partial charge in [0.15, 0.2) is 16.6 Å². The van der Waals surface area contributed by atoms with Crippen LogP contribution in [0.1, 0.15) is 61.3 Å². The third-order valence-electron chi connectivity index (χ3n) is 9.67. The summed E-state index contributed by atoms with van der Waals surface area (Å²) in [5, 5.41) is 2.07. The number of rotatable bonds is 9. The Bertz CT molecular complexity index is 758. The summed E-state index contributed by atoms with van der Waals surface area (Å²) in [6.07, 6.45) is 2.49. The number of hydrogen-bond donors (Lipinski definition) is 0. The van der Waals surface area contributed by atoms with E-state index in [4.69, 9.17) is 8.85 Å². The summed E-state index contributed by atoms with van der Waals surface area (Å²) in [5.74, 6) is 1.48. The molecule has 1 saturated carbocycles. The summed E-state index contributed by atoms with van der Waals surface area (Å²) in [6.45, 7) is 33.1. The third-order valence-corrected chi connectivity index (χ3v) is 22.1. The van der Waals surface area contributed by atoms with Crippen LogP contribution in [0.15, 0.2) is 30.3 Å². The van der Waals surface area contributed by atoms with E-state index in [9.17, 15) is 0 Å². The first kappa shape index (κ1) is 30.0. The molecule has 0 heterocycles. The molecule has 0 saturated heterocycles. The number of benzene rings is 1. The second-order valence-electron chi connectivity index (χ2n) is 15.2. The van der Waals surface area contributed by atoms with Crippen molar-refractivity contribution in [2.24, 2.45) is 17.3 Å². The Morgan fingerprint density at radius 1 is 0.765 bits per heavy atom. The second kappa shape index (κ2) is 10.3. The van der Waals surface area contributed by atoms with E-state index in [0.29, 0.717) is 0 Å². The van der Waals surface area contributed by atoms with Gasteiger partial charge in [-0.1, -0.05) is 103 Å². The van der Waals surface area contributed by atoms with Crippen LogP contribution in [0.3, 0.4) is 0 Å². The second-order valence-corrected chi connectivity index (χ2v) is 29.6. The Morgan fingerprint density at radius 2 is 1.21 bits per heavy atom. The molecule has 34 heavy (non-hydrogen) atoms. The zero-order chi connectivity index (χ0) is 26.2. The maximum Gasteiger partial charge on any atom is 0.192 e. The highest BCUT2D eigenvalue weighted by Gasteiger charge is 2.49. The van der Waals surface area contributed by atoms with E-state index in [1.54, 1.807) is 5.19 Å². The van der Waals surface area contributed by atoms with Crippen LogP contribution in [0.5, 0.6) is 0 Å². The van der Waals surface area contributed by atoms with E-state index in [1.165, 1.54) is 18.9 Å². The lowest BCUT2D eigenvalue weighted by Crippen LogP contribution is -2.47. The van der Waals surface area contributed by atoms with Crippen LogP contribution in [-0.4, -0.2) is 37.9 Å². The average molecular weight is 521 g/mol. The summed E-state index contributed by atoms with van der Waals surface area (Å²) in [7, 11) is -5.11. The van der Waals surface area contributed by atoms with E-state index in [-0.39, 0.29) is 15.5 Å². The summed E-state index contributed by atoms with van der Waals surface area (Å²) in [6, 6.07) is 12.7. The molecule has 0 amide bonds. The van der Waals surface area contributed by atoms with Crippen LogP contribution in [0, 0.1) is 17.3 Å². The SMILES string of the molecule is C[C@@H]1CC(CO[Si](C)(C)C(C)(C)C)(CO[Si](C)(C)C(C)(C)C)C[C@@H]1C[Si](C)(C)c1ccccc1. The van der Waals surface area contributed by atoms with Gasteiger partial charge in [0, 0.05) is 18.6 Å². The number of hydrogen-bond acceptors (Lipinski definition) is 2. The quantitative estimate of drug-likeness (QED) is 0.303. The van der Waals surface area contributed by atoms with Gasteiger partial charge in [-0.15, -0.1) is 0 Å². The third kappa shape index (κ3) is 7.18. The van der Waals surface area contributed by atoms with Gasteiger partial charge in [0.2, 0.25) is 0 Å². The molecule has 196 valence electrons. The first-order valence-electron chi connectivity index (χ1n) is 13.5. The summed E-state index contributed by atoms with van der Waals surface area (Å²) >= 11 is 0. The van der Waals surface area contributed by atoms with Crippen molar-refractivity contribution >= 4 is 29.9 Å². The van der Waals surface area contributed by atoms with E-state index < -0.39 is 24.7 Å². The lowest BCUT2D eigenvalue weighted by atomic mass is 9.87. The zero-order valence-electron chi connectivity index (χ0n) is 24.9. The predicted octanol–water partition coefficient (Wildman–Crippen LogP) is 8.68. The average Bonchev–Trinajstić information content (AvgIpc) is 2.99. The lowest BCUT2D eigenvalue weighted by Gasteiger charge is -2.43. The van der Waals surface area contributed by atoms with Crippen LogP contribution in [0.2, 0.25) is 55.4 Å². The van der Waals surface area contributed by atoms with Crippen molar-refractivity contribution in [2.75, 3.05) is 13.2 Å². The molecule has 0 aromatic heterocycles. The van der Waals surface area contributed by atoms with E-state index in [2.05, 4.69) is 118 Å². The molecule has 0 N–H and O–H groups in total. The van der Waals surface area contributed by atoms with Crippen molar-refractivity contribution in [2.45, 2.75) is 117 Å². The van der Waals surface area contributed by atoms with Gasteiger partial charge in [-0.3, -0.25) is 0 Å². The normalized spacial score (nSPS) is 22.3. The molecule has 1 aromatic rings. The minimum Gasteiger partial charge on any atom is -0.416 e. The molecule has 1 aliphatic carbocycles. The van der Waals surface area contributed by atoms with Crippen LogP contribution >= 0.6 is 0 Å². The van der Waals surface area contributed by atoms with Crippen molar-refractivity contribution in [3.8, 4) is 0 Å². The van der Waals surface area contributed by atoms with Gasteiger partial charge in [-0.25, -0.2) is 0 Å². The lowest BCUT2D eigenvalue weighted by molar-refractivity contribution is 0.0654. The van der Waals surface area contributed by atoms with E-state index in [1.807, 2.05) is 0 Å². The van der Waals surface area contributed by atoms with Crippen LogP contribution in [-0.2, 0) is 8.85 Å².